The predicted octanol–water partition coefficient (Wildman–Crippen LogP) is 5.87. The fraction of sp³-hybridized carbons (Fsp3) is 0.269. The van der Waals surface area contributed by atoms with Gasteiger partial charge in [0.1, 0.15) is 11.3 Å². The summed E-state index contributed by atoms with van der Waals surface area (Å²) in [6, 6.07) is 11.1. The second kappa shape index (κ2) is 8.94. The topological polar surface area (TPSA) is 108 Å². The largest absolute Gasteiger partial charge is 0.504 e. The van der Waals surface area contributed by atoms with Crippen molar-refractivity contribution >= 4 is 34.5 Å². The van der Waals surface area contributed by atoms with Crippen LogP contribution in [-0.4, -0.2) is 41.4 Å². The van der Waals surface area contributed by atoms with Crippen LogP contribution in [0, 0.1) is 17.8 Å². The monoisotopic (exact) mass is 457 g/mol. The van der Waals surface area contributed by atoms with E-state index >= 15 is 0 Å². The Morgan fingerprint density at radius 1 is 1.24 bits per heavy atom. The lowest BCUT2D eigenvalue weighted by Crippen LogP contribution is -2.37. The van der Waals surface area contributed by atoms with Crippen molar-refractivity contribution in [2.45, 2.75) is 19.3 Å². The number of carboxylic acid groups (broad SMARTS) is 1. The van der Waals surface area contributed by atoms with Crippen LogP contribution < -0.4 is 4.74 Å². The highest BCUT2D eigenvalue weighted by molar-refractivity contribution is 5.96. The van der Waals surface area contributed by atoms with Crippen LogP contribution in [0.5, 0.6) is 11.5 Å². The van der Waals surface area contributed by atoms with Gasteiger partial charge in [0.25, 0.3) is 0 Å². The molecule has 2 aliphatic rings. The van der Waals surface area contributed by atoms with Crippen LogP contribution in [0.1, 0.15) is 36.1 Å². The molecule has 1 fully saturated rings. The molecule has 5 rings (SSSR count). The van der Waals surface area contributed by atoms with Crippen LogP contribution in [0.4, 0.5) is 10.5 Å². The van der Waals surface area contributed by atoms with Crippen molar-refractivity contribution in [3.8, 4) is 23.3 Å². The average Bonchev–Trinajstić information content (AvgIpc) is 3.41. The van der Waals surface area contributed by atoms with Gasteiger partial charge < -0.3 is 24.3 Å². The summed E-state index contributed by atoms with van der Waals surface area (Å²) in [6.45, 7) is 1.07. The van der Waals surface area contributed by atoms with Gasteiger partial charge in [0.05, 0.1) is 23.9 Å². The fourth-order valence-electron chi connectivity index (χ4n) is 4.32. The van der Waals surface area contributed by atoms with Gasteiger partial charge in [-0.3, -0.25) is 0 Å². The number of methoxy groups -OCH3 is 1. The quantitative estimate of drug-likeness (QED) is 0.478. The summed E-state index contributed by atoms with van der Waals surface area (Å²) < 4.78 is 11.6. The molecule has 2 aliphatic heterocycles. The third-order valence-electron chi connectivity index (χ3n) is 6.24. The molecule has 0 spiro atoms. The molecule has 3 aromatic rings. The average molecular weight is 457 g/mol. The third kappa shape index (κ3) is 3.97. The number of likely N-dealkylation sites (tertiary alicyclic amines) is 1. The standard InChI is InChI=1S/C26H23N3O5/c1-33-22-10-9-19-24(30)23(15-21-17-6-2-3-8-20(17)27-28-21)34-25(19)18(22)7-4-5-16-11-13-29(14-12-16)26(31)32/h2-3,6,8-10,15-16,30H,5,11-14H2,1H3,(H,31,32). The van der Waals surface area contributed by atoms with Crippen LogP contribution in [0.25, 0.3) is 22.7 Å². The summed E-state index contributed by atoms with van der Waals surface area (Å²) >= 11 is 0. The van der Waals surface area contributed by atoms with Crippen molar-refractivity contribution in [1.29, 1.82) is 0 Å². The molecular formula is C26H23N3O5. The van der Waals surface area contributed by atoms with Crippen molar-refractivity contribution in [2.24, 2.45) is 16.1 Å². The first-order chi connectivity index (χ1) is 16.5. The molecule has 34 heavy (non-hydrogen) atoms. The molecule has 8 heteroatoms. The lowest BCUT2D eigenvalue weighted by Gasteiger charge is -2.28. The molecule has 0 radical (unpaired) electrons. The molecule has 2 N–H and O–H groups in total. The van der Waals surface area contributed by atoms with Crippen LogP contribution in [0.3, 0.4) is 0 Å². The van der Waals surface area contributed by atoms with Gasteiger partial charge in [0, 0.05) is 31.1 Å². The zero-order valence-electron chi connectivity index (χ0n) is 18.6. The maximum absolute atomic E-state index is 11.1. The number of aromatic hydroxyl groups is 1. The molecule has 1 amide bonds. The summed E-state index contributed by atoms with van der Waals surface area (Å²) in [6.07, 6.45) is 3.03. The normalized spacial score (nSPS) is 16.5. The summed E-state index contributed by atoms with van der Waals surface area (Å²) in [5, 5.41) is 28.8. The summed E-state index contributed by atoms with van der Waals surface area (Å²) in [7, 11) is 1.56. The van der Waals surface area contributed by atoms with Gasteiger partial charge in [-0.2, -0.15) is 0 Å². The Hall–Kier alpha value is -4.25. The van der Waals surface area contributed by atoms with E-state index in [9.17, 15) is 9.90 Å². The first-order valence-corrected chi connectivity index (χ1v) is 11.1. The van der Waals surface area contributed by atoms with Crippen LogP contribution in [-0.2, 0) is 0 Å². The van der Waals surface area contributed by atoms with Crippen molar-refractivity contribution < 1.29 is 24.2 Å². The number of fused-ring (bicyclic) bond motifs is 2. The lowest BCUT2D eigenvalue weighted by molar-refractivity contribution is 0.125. The summed E-state index contributed by atoms with van der Waals surface area (Å²) in [5.74, 6) is 7.56. The van der Waals surface area contributed by atoms with Gasteiger partial charge in [-0.15, -0.1) is 10.2 Å². The number of hydrogen-bond acceptors (Lipinski definition) is 6. The lowest BCUT2D eigenvalue weighted by atomic mass is 9.94. The van der Waals surface area contributed by atoms with Gasteiger partial charge in [-0.25, -0.2) is 4.79 Å². The SMILES string of the molecule is COc1ccc2c(O)c(C=C3N=Nc4ccccc43)oc2c1C#CCC1CCN(C(=O)O)CC1. The first kappa shape index (κ1) is 21.6. The Bertz CT molecular complexity index is 1380. The molecule has 1 aromatic heterocycles. The number of carbonyl (C=O) groups is 1. The van der Waals surface area contributed by atoms with Gasteiger partial charge >= 0.3 is 6.09 Å². The minimum atomic E-state index is -0.869. The second-order valence-electron chi connectivity index (χ2n) is 8.30. The van der Waals surface area contributed by atoms with Crippen LogP contribution >= 0.6 is 0 Å². The molecule has 8 nitrogen and oxygen atoms in total. The van der Waals surface area contributed by atoms with Gasteiger partial charge in [0.15, 0.2) is 17.1 Å². The molecule has 0 unspecified atom stereocenters. The minimum absolute atomic E-state index is 0.00817. The number of furan rings is 1. The van der Waals surface area contributed by atoms with E-state index in [0.717, 1.165) is 24.1 Å². The molecular weight excluding hydrogens is 434 g/mol. The van der Waals surface area contributed by atoms with Crippen molar-refractivity contribution in [3.05, 3.63) is 53.3 Å². The van der Waals surface area contributed by atoms with Gasteiger partial charge in [0.2, 0.25) is 0 Å². The molecule has 1 saturated heterocycles. The van der Waals surface area contributed by atoms with E-state index in [0.29, 0.717) is 53.4 Å². The maximum atomic E-state index is 11.1. The van der Waals surface area contributed by atoms with Crippen LogP contribution in [0.15, 0.2) is 51.0 Å². The Morgan fingerprint density at radius 2 is 2.03 bits per heavy atom. The molecule has 2 aromatic carbocycles. The van der Waals surface area contributed by atoms with E-state index in [1.807, 2.05) is 24.3 Å². The fourth-order valence-corrected chi connectivity index (χ4v) is 4.32. The highest BCUT2D eigenvalue weighted by Crippen LogP contribution is 2.41. The smallest absolute Gasteiger partial charge is 0.407 e. The maximum Gasteiger partial charge on any atom is 0.407 e. The molecule has 172 valence electrons. The zero-order chi connectivity index (χ0) is 23.7. The highest BCUT2D eigenvalue weighted by Gasteiger charge is 2.22. The molecule has 0 atom stereocenters. The van der Waals surface area contributed by atoms with E-state index < -0.39 is 6.09 Å². The Labute approximate surface area is 196 Å². The molecule has 0 aliphatic carbocycles. The van der Waals surface area contributed by atoms with E-state index in [4.69, 9.17) is 14.3 Å². The van der Waals surface area contributed by atoms with Gasteiger partial charge in [-0.1, -0.05) is 30.0 Å². The number of azo groups is 1. The molecule has 0 saturated carbocycles. The van der Waals surface area contributed by atoms with E-state index in [1.54, 1.807) is 25.3 Å². The van der Waals surface area contributed by atoms with Crippen molar-refractivity contribution in [1.82, 2.24) is 4.90 Å². The zero-order valence-corrected chi connectivity index (χ0v) is 18.6. The Morgan fingerprint density at radius 3 is 2.79 bits per heavy atom. The number of rotatable bonds is 3. The minimum Gasteiger partial charge on any atom is -0.504 e. The number of ether oxygens (including phenoxy) is 1. The Kier molecular flexibility index (Phi) is 5.68. The number of hydrogen-bond donors (Lipinski definition) is 2. The number of benzene rings is 2. The molecule has 0 bridgehead atoms. The van der Waals surface area contributed by atoms with E-state index in [-0.39, 0.29) is 11.5 Å². The second-order valence-corrected chi connectivity index (χ2v) is 8.30. The van der Waals surface area contributed by atoms with Crippen LogP contribution in [0.2, 0.25) is 0 Å². The highest BCUT2D eigenvalue weighted by atomic mass is 16.5. The van der Waals surface area contributed by atoms with Gasteiger partial charge in [-0.05, 0) is 37.0 Å². The van der Waals surface area contributed by atoms with Crippen molar-refractivity contribution in [3.63, 3.8) is 0 Å². The predicted molar refractivity (Wildman–Crippen MR) is 127 cm³/mol. The number of amides is 1. The first-order valence-electron chi connectivity index (χ1n) is 11.1. The number of nitrogens with zero attached hydrogens (tertiary/aromatic N) is 3. The summed E-state index contributed by atoms with van der Waals surface area (Å²) in [4.78, 5) is 12.5. The van der Waals surface area contributed by atoms with E-state index in [1.165, 1.54) is 4.90 Å². The van der Waals surface area contributed by atoms with Crippen molar-refractivity contribution in [2.75, 3.05) is 20.2 Å². The molecule has 3 heterocycles. The number of piperidine rings is 1. The van der Waals surface area contributed by atoms with E-state index in [2.05, 4.69) is 22.1 Å². The Balaban J connectivity index is 1.44. The third-order valence-corrected chi connectivity index (χ3v) is 6.24. The summed E-state index contributed by atoms with van der Waals surface area (Å²) in [5.41, 5.74) is 3.26.